The summed E-state index contributed by atoms with van der Waals surface area (Å²) >= 11 is 6.02. The Morgan fingerprint density at radius 3 is 2.26 bits per heavy atom. The van der Waals surface area contributed by atoms with Gasteiger partial charge in [-0.15, -0.1) is 0 Å². The molecule has 0 radical (unpaired) electrons. The Kier molecular flexibility index (Phi) is 4.28. The normalized spacial score (nSPS) is 12.5. The van der Waals surface area contributed by atoms with E-state index in [0.29, 0.717) is 11.4 Å². The van der Waals surface area contributed by atoms with Crippen LogP contribution in [0.2, 0.25) is 5.02 Å². The summed E-state index contributed by atoms with van der Waals surface area (Å²) < 4.78 is 0. The van der Waals surface area contributed by atoms with Gasteiger partial charge in [0.05, 0.1) is 6.10 Å². The SMILES string of the molecule is Cc1ccc(Cl)cc1C(O)Cc1c(C)cccc1C. The van der Waals surface area contributed by atoms with E-state index in [4.69, 9.17) is 11.6 Å². The number of aryl methyl sites for hydroxylation is 3. The van der Waals surface area contributed by atoms with Crippen molar-refractivity contribution in [3.05, 3.63) is 69.2 Å². The van der Waals surface area contributed by atoms with E-state index in [0.717, 1.165) is 11.1 Å². The summed E-state index contributed by atoms with van der Waals surface area (Å²) in [5.74, 6) is 0. The molecule has 1 N–H and O–H groups in total. The van der Waals surface area contributed by atoms with Gasteiger partial charge in [-0.2, -0.15) is 0 Å². The van der Waals surface area contributed by atoms with Crippen molar-refractivity contribution >= 4 is 11.6 Å². The molecule has 1 unspecified atom stereocenters. The topological polar surface area (TPSA) is 20.2 Å². The highest BCUT2D eigenvalue weighted by molar-refractivity contribution is 6.30. The first-order chi connectivity index (χ1) is 8.99. The molecule has 0 aliphatic rings. The van der Waals surface area contributed by atoms with Gasteiger partial charge in [-0.25, -0.2) is 0 Å². The van der Waals surface area contributed by atoms with Crippen molar-refractivity contribution in [1.29, 1.82) is 0 Å². The van der Waals surface area contributed by atoms with Gasteiger partial charge in [0, 0.05) is 11.4 Å². The van der Waals surface area contributed by atoms with Crippen molar-refractivity contribution in [1.82, 2.24) is 0 Å². The van der Waals surface area contributed by atoms with E-state index in [1.165, 1.54) is 16.7 Å². The van der Waals surface area contributed by atoms with E-state index < -0.39 is 6.10 Å². The molecular formula is C17H19ClO. The third-order valence-electron chi connectivity index (χ3n) is 3.64. The lowest BCUT2D eigenvalue weighted by Gasteiger charge is -2.17. The van der Waals surface area contributed by atoms with Gasteiger partial charge in [-0.1, -0.05) is 35.9 Å². The third kappa shape index (κ3) is 3.17. The fraction of sp³-hybridized carbons (Fsp3) is 0.294. The standard InChI is InChI=1S/C17H19ClO/c1-11-5-4-6-12(2)15(11)10-17(19)16-9-14(18)8-7-13(16)3/h4-9,17,19H,10H2,1-3H3. The average molecular weight is 275 g/mol. The molecule has 0 fully saturated rings. The van der Waals surface area contributed by atoms with Gasteiger partial charge in [0.15, 0.2) is 0 Å². The Morgan fingerprint density at radius 2 is 1.63 bits per heavy atom. The van der Waals surface area contributed by atoms with Gasteiger partial charge in [0.2, 0.25) is 0 Å². The molecule has 19 heavy (non-hydrogen) atoms. The highest BCUT2D eigenvalue weighted by Crippen LogP contribution is 2.27. The predicted molar refractivity (Wildman–Crippen MR) is 80.8 cm³/mol. The largest absolute Gasteiger partial charge is 0.388 e. The van der Waals surface area contributed by atoms with Crippen LogP contribution in [0.1, 0.15) is 33.9 Å². The maximum Gasteiger partial charge on any atom is 0.0833 e. The van der Waals surface area contributed by atoms with Gasteiger partial charge in [0.1, 0.15) is 0 Å². The lowest BCUT2D eigenvalue weighted by Crippen LogP contribution is -2.06. The molecule has 0 aliphatic heterocycles. The van der Waals surface area contributed by atoms with Crippen LogP contribution in [0.25, 0.3) is 0 Å². The summed E-state index contributed by atoms with van der Waals surface area (Å²) in [6.45, 7) is 6.17. The monoisotopic (exact) mass is 274 g/mol. The van der Waals surface area contributed by atoms with E-state index in [2.05, 4.69) is 26.0 Å². The van der Waals surface area contributed by atoms with Crippen LogP contribution < -0.4 is 0 Å². The van der Waals surface area contributed by atoms with Crippen molar-refractivity contribution < 1.29 is 5.11 Å². The lowest BCUT2D eigenvalue weighted by molar-refractivity contribution is 0.177. The zero-order chi connectivity index (χ0) is 14.0. The van der Waals surface area contributed by atoms with Crippen molar-refractivity contribution in [3.63, 3.8) is 0 Å². The molecule has 2 aromatic carbocycles. The summed E-state index contributed by atoms with van der Waals surface area (Å²) in [4.78, 5) is 0. The van der Waals surface area contributed by atoms with Gasteiger partial charge in [-0.05, 0) is 60.7 Å². The van der Waals surface area contributed by atoms with Crippen LogP contribution in [0.3, 0.4) is 0 Å². The maximum atomic E-state index is 10.5. The fourth-order valence-electron chi connectivity index (χ4n) is 2.44. The van der Waals surface area contributed by atoms with Gasteiger partial charge < -0.3 is 5.11 Å². The Balaban J connectivity index is 2.31. The summed E-state index contributed by atoms with van der Waals surface area (Å²) in [5.41, 5.74) is 5.64. The van der Waals surface area contributed by atoms with E-state index in [1.54, 1.807) is 0 Å². The van der Waals surface area contributed by atoms with Crippen molar-refractivity contribution in [2.24, 2.45) is 0 Å². The summed E-state index contributed by atoms with van der Waals surface area (Å²) in [6.07, 6.45) is 0.109. The highest BCUT2D eigenvalue weighted by Gasteiger charge is 2.14. The maximum absolute atomic E-state index is 10.5. The summed E-state index contributed by atoms with van der Waals surface area (Å²) in [7, 11) is 0. The molecule has 0 bridgehead atoms. The number of benzene rings is 2. The summed E-state index contributed by atoms with van der Waals surface area (Å²) in [6, 6.07) is 11.9. The van der Waals surface area contributed by atoms with E-state index in [1.807, 2.05) is 31.2 Å². The quantitative estimate of drug-likeness (QED) is 0.871. The van der Waals surface area contributed by atoms with Crippen molar-refractivity contribution in [2.75, 3.05) is 0 Å². The van der Waals surface area contributed by atoms with Crippen LogP contribution in [-0.4, -0.2) is 5.11 Å². The number of halogens is 1. The third-order valence-corrected chi connectivity index (χ3v) is 3.88. The number of aliphatic hydroxyl groups is 1. The minimum atomic E-state index is -0.515. The first kappa shape index (κ1) is 14.1. The van der Waals surface area contributed by atoms with Gasteiger partial charge in [0.25, 0.3) is 0 Å². The zero-order valence-electron chi connectivity index (χ0n) is 11.6. The minimum Gasteiger partial charge on any atom is -0.388 e. The first-order valence-corrected chi connectivity index (χ1v) is 6.86. The molecule has 2 rings (SSSR count). The zero-order valence-corrected chi connectivity index (χ0v) is 12.3. The molecule has 0 saturated heterocycles. The fourth-order valence-corrected chi connectivity index (χ4v) is 2.63. The molecule has 1 atom stereocenters. The molecule has 0 amide bonds. The molecule has 0 aliphatic carbocycles. The average Bonchev–Trinajstić information content (AvgIpc) is 2.37. The molecule has 0 saturated carbocycles. The number of hydrogen-bond acceptors (Lipinski definition) is 1. The summed E-state index contributed by atoms with van der Waals surface area (Å²) in [5, 5.41) is 11.1. The van der Waals surface area contributed by atoms with Gasteiger partial charge >= 0.3 is 0 Å². The molecule has 0 spiro atoms. The van der Waals surface area contributed by atoms with Crippen LogP contribution >= 0.6 is 11.6 Å². The van der Waals surface area contributed by atoms with Crippen LogP contribution in [0.4, 0.5) is 0 Å². The van der Waals surface area contributed by atoms with Gasteiger partial charge in [-0.3, -0.25) is 0 Å². The Bertz CT molecular complexity index is 570. The second-order valence-electron chi connectivity index (χ2n) is 5.09. The van der Waals surface area contributed by atoms with Crippen molar-refractivity contribution in [2.45, 2.75) is 33.3 Å². The Morgan fingerprint density at radius 1 is 1.00 bits per heavy atom. The minimum absolute atomic E-state index is 0.515. The van der Waals surface area contributed by atoms with E-state index >= 15 is 0 Å². The first-order valence-electron chi connectivity index (χ1n) is 6.48. The van der Waals surface area contributed by atoms with E-state index in [9.17, 15) is 5.11 Å². The second kappa shape index (κ2) is 5.77. The molecular weight excluding hydrogens is 256 g/mol. The Hall–Kier alpha value is -1.31. The number of hydrogen-bond donors (Lipinski definition) is 1. The molecule has 0 heterocycles. The molecule has 0 aromatic heterocycles. The van der Waals surface area contributed by atoms with E-state index in [-0.39, 0.29) is 0 Å². The number of aliphatic hydroxyl groups excluding tert-OH is 1. The van der Waals surface area contributed by atoms with Crippen LogP contribution in [-0.2, 0) is 6.42 Å². The molecule has 1 nitrogen and oxygen atoms in total. The van der Waals surface area contributed by atoms with Crippen LogP contribution in [0.15, 0.2) is 36.4 Å². The lowest BCUT2D eigenvalue weighted by atomic mass is 9.93. The number of rotatable bonds is 3. The highest BCUT2D eigenvalue weighted by atomic mass is 35.5. The Labute approximate surface area is 119 Å². The molecule has 2 aromatic rings. The second-order valence-corrected chi connectivity index (χ2v) is 5.53. The molecule has 2 heteroatoms. The van der Waals surface area contributed by atoms with Crippen LogP contribution in [0, 0.1) is 20.8 Å². The molecule has 100 valence electrons. The predicted octanol–water partition coefficient (Wildman–Crippen LogP) is 4.54. The smallest absolute Gasteiger partial charge is 0.0833 e. The van der Waals surface area contributed by atoms with Crippen LogP contribution in [0.5, 0.6) is 0 Å². The van der Waals surface area contributed by atoms with Crippen molar-refractivity contribution in [3.8, 4) is 0 Å².